The number of guanidine groups is 1. The summed E-state index contributed by atoms with van der Waals surface area (Å²) in [6, 6.07) is 0.178. The van der Waals surface area contributed by atoms with Gasteiger partial charge in [0.25, 0.3) is 0 Å². The molecular weight excluding hydrogens is 473 g/mol. The molecule has 1 saturated heterocycles. The molecule has 3 N–H and O–H groups in total. The highest BCUT2D eigenvalue weighted by atomic mass is 127. The molecular formula is C15H32IN5O4S. The number of carbonyl (C=O) groups is 1. The molecule has 0 atom stereocenters. The number of nitrogens with zero attached hydrogens (tertiary/aromatic N) is 3. The van der Waals surface area contributed by atoms with Crippen molar-refractivity contribution < 1.29 is 17.9 Å². The Balaban J connectivity index is 0.00000625. The number of nitrogens with two attached hydrogens (primary N) is 1. The van der Waals surface area contributed by atoms with Gasteiger partial charge in [0.15, 0.2) is 5.96 Å². The van der Waals surface area contributed by atoms with E-state index in [1.165, 1.54) is 4.31 Å². The van der Waals surface area contributed by atoms with E-state index in [4.69, 9.17) is 10.5 Å². The molecule has 0 radical (unpaired) electrons. The van der Waals surface area contributed by atoms with E-state index in [1.54, 1.807) is 25.8 Å². The third kappa shape index (κ3) is 8.71. The topological polar surface area (TPSA) is 117 Å². The Labute approximate surface area is 173 Å². The molecule has 0 aromatic rings. The zero-order valence-corrected chi connectivity index (χ0v) is 19.0. The number of likely N-dealkylation sites (tertiary alicyclic amines) is 1. The minimum Gasteiger partial charge on any atom is -0.450 e. The van der Waals surface area contributed by atoms with Crippen LogP contribution in [0.5, 0.6) is 0 Å². The van der Waals surface area contributed by atoms with Crippen LogP contribution in [0, 0.1) is 0 Å². The van der Waals surface area contributed by atoms with Gasteiger partial charge in [0, 0.05) is 39.3 Å². The largest absolute Gasteiger partial charge is 0.450 e. The number of amides is 1. The second kappa shape index (κ2) is 12.5. The number of piperidine rings is 1. The van der Waals surface area contributed by atoms with Crippen LogP contribution in [0.1, 0.15) is 33.1 Å². The quantitative estimate of drug-likeness (QED) is 0.218. The number of ether oxygens (including phenoxy) is 1. The van der Waals surface area contributed by atoms with Crippen LogP contribution in [-0.2, 0) is 14.8 Å². The first-order valence-electron chi connectivity index (χ1n) is 8.72. The van der Waals surface area contributed by atoms with Crippen LogP contribution in [0.15, 0.2) is 4.99 Å². The summed E-state index contributed by atoms with van der Waals surface area (Å²) < 4.78 is 29.6. The Kier molecular flexibility index (Phi) is 12.2. The van der Waals surface area contributed by atoms with Crippen molar-refractivity contribution in [2.45, 2.75) is 39.2 Å². The number of hydrogen-bond donors (Lipinski definition) is 2. The molecule has 1 amide bonds. The van der Waals surface area contributed by atoms with Gasteiger partial charge in [0.05, 0.1) is 12.4 Å². The normalized spacial score (nSPS) is 16.3. The van der Waals surface area contributed by atoms with E-state index in [9.17, 15) is 13.2 Å². The second-order valence-corrected chi connectivity index (χ2v) is 8.31. The molecule has 9 nitrogen and oxygen atoms in total. The molecule has 154 valence electrons. The number of halogens is 1. The fraction of sp³-hybridized carbons (Fsp3) is 0.867. The highest BCUT2D eigenvalue weighted by Crippen LogP contribution is 2.11. The average molecular weight is 505 g/mol. The van der Waals surface area contributed by atoms with Crippen LogP contribution in [-0.4, -0.2) is 81.3 Å². The first kappa shape index (κ1) is 25.2. The summed E-state index contributed by atoms with van der Waals surface area (Å²) in [5.41, 5.74) is 5.88. The molecule has 1 heterocycles. The van der Waals surface area contributed by atoms with Crippen LogP contribution in [0.4, 0.5) is 4.79 Å². The van der Waals surface area contributed by atoms with Crippen molar-refractivity contribution >= 4 is 46.1 Å². The second-order valence-electron chi connectivity index (χ2n) is 5.95. The van der Waals surface area contributed by atoms with Crippen molar-refractivity contribution in [3.63, 3.8) is 0 Å². The Morgan fingerprint density at radius 2 is 1.96 bits per heavy atom. The number of aliphatic imine (C=N–C) groups is 1. The van der Waals surface area contributed by atoms with Crippen molar-refractivity contribution in [1.82, 2.24) is 14.5 Å². The molecule has 26 heavy (non-hydrogen) atoms. The van der Waals surface area contributed by atoms with Gasteiger partial charge in [-0.15, -0.1) is 24.0 Å². The molecule has 1 rings (SSSR count). The van der Waals surface area contributed by atoms with E-state index < -0.39 is 10.0 Å². The Hall–Kier alpha value is -0.820. The monoisotopic (exact) mass is 505 g/mol. The lowest BCUT2D eigenvalue weighted by molar-refractivity contribution is 0.0963. The first-order valence-corrected chi connectivity index (χ1v) is 10.3. The van der Waals surface area contributed by atoms with Gasteiger partial charge in [0.1, 0.15) is 0 Å². The summed E-state index contributed by atoms with van der Waals surface area (Å²) in [7, 11) is -1.57. The summed E-state index contributed by atoms with van der Waals surface area (Å²) in [5, 5.41) is 3.16. The van der Waals surface area contributed by atoms with E-state index in [2.05, 4.69) is 10.3 Å². The van der Waals surface area contributed by atoms with Gasteiger partial charge in [-0.1, -0.05) is 0 Å². The van der Waals surface area contributed by atoms with Gasteiger partial charge in [-0.3, -0.25) is 4.99 Å². The molecule has 1 aliphatic heterocycles. The minimum absolute atomic E-state index is 0. The van der Waals surface area contributed by atoms with Crippen molar-refractivity contribution in [3.8, 4) is 0 Å². The fourth-order valence-electron chi connectivity index (χ4n) is 2.53. The number of nitrogens with one attached hydrogen (secondary N) is 1. The maximum Gasteiger partial charge on any atom is 0.409 e. The molecule has 1 aliphatic rings. The lowest BCUT2D eigenvalue weighted by atomic mass is 10.1. The van der Waals surface area contributed by atoms with Crippen LogP contribution >= 0.6 is 24.0 Å². The van der Waals surface area contributed by atoms with Crippen LogP contribution < -0.4 is 11.1 Å². The summed E-state index contributed by atoms with van der Waals surface area (Å²) in [6.07, 6.45) is 1.91. The average Bonchev–Trinajstić information content (AvgIpc) is 2.59. The third-order valence-electron chi connectivity index (χ3n) is 4.13. The van der Waals surface area contributed by atoms with Crippen molar-refractivity contribution in [2.75, 3.05) is 45.6 Å². The molecule has 0 unspecified atom stereocenters. The standard InChI is InChI=1S/C15H31N5O4S.HI/c1-4-24-15(21)20-11-7-13(8-12-20)18-14(16)17-9-6-10-19(3)25(22,23)5-2;/h13H,4-12H2,1-3H3,(H3,16,17,18);1H. The summed E-state index contributed by atoms with van der Waals surface area (Å²) in [6.45, 7) is 5.94. The first-order chi connectivity index (χ1) is 11.8. The number of sulfonamides is 1. The van der Waals surface area contributed by atoms with Gasteiger partial charge in [-0.05, 0) is 33.1 Å². The Morgan fingerprint density at radius 1 is 1.35 bits per heavy atom. The van der Waals surface area contributed by atoms with Gasteiger partial charge in [-0.25, -0.2) is 17.5 Å². The predicted molar refractivity (Wildman–Crippen MR) is 113 cm³/mol. The van der Waals surface area contributed by atoms with Crippen LogP contribution in [0.2, 0.25) is 0 Å². The van der Waals surface area contributed by atoms with Gasteiger partial charge in [0.2, 0.25) is 10.0 Å². The minimum atomic E-state index is -3.14. The Bertz CT molecular complexity index is 550. The van der Waals surface area contributed by atoms with E-state index in [0.717, 1.165) is 12.8 Å². The van der Waals surface area contributed by atoms with Crippen LogP contribution in [0.3, 0.4) is 0 Å². The van der Waals surface area contributed by atoms with Crippen molar-refractivity contribution in [1.29, 1.82) is 0 Å². The lowest BCUT2D eigenvalue weighted by Crippen LogP contribution is -2.48. The summed E-state index contributed by atoms with van der Waals surface area (Å²) in [5.74, 6) is 0.455. The molecule has 11 heteroatoms. The van der Waals surface area contributed by atoms with Gasteiger partial charge in [-0.2, -0.15) is 0 Å². The molecule has 0 aromatic carbocycles. The maximum atomic E-state index is 11.6. The molecule has 0 aliphatic carbocycles. The zero-order valence-electron chi connectivity index (χ0n) is 15.8. The summed E-state index contributed by atoms with van der Waals surface area (Å²) >= 11 is 0. The molecule has 1 fully saturated rings. The predicted octanol–water partition coefficient (Wildman–Crippen LogP) is 0.801. The van der Waals surface area contributed by atoms with Gasteiger partial charge >= 0.3 is 6.09 Å². The third-order valence-corrected chi connectivity index (χ3v) is 5.99. The van der Waals surface area contributed by atoms with E-state index >= 15 is 0 Å². The SMILES string of the molecule is CCOC(=O)N1CCC(NC(N)=NCCCN(C)S(=O)(=O)CC)CC1.I. The van der Waals surface area contributed by atoms with Crippen LogP contribution in [0.25, 0.3) is 0 Å². The zero-order chi connectivity index (χ0) is 18.9. The number of hydrogen-bond acceptors (Lipinski definition) is 5. The van der Waals surface area contributed by atoms with Crippen molar-refractivity contribution in [3.05, 3.63) is 0 Å². The summed E-state index contributed by atoms with van der Waals surface area (Å²) in [4.78, 5) is 17.6. The number of carbonyl (C=O) groups excluding carboxylic acids is 1. The van der Waals surface area contributed by atoms with E-state index in [1.807, 2.05) is 0 Å². The maximum absolute atomic E-state index is 11.6. The van der Waals surface area contributed by atoms with Crippen molar-refractivity contribution in [2.24, 2.45) is 10.7 Å². The Morgan fingerprint density at radius 3 is 2.50 bits per heavy atom. The fourth-order valence-corrected chi connectivity index (χ4v) is 3.38. The van der Waals surface area contributed by atoms with E-state index in [-0.39, 0.29) is 41.9 Å². The highest BCUT2D eigenvalue weighted by Gasteiger charge is 2.23. The lowest BCUT2D eigenvalue weighted by Gasteiger charge is -2.31. The molecule has 0 saturated carbocycles. The van der Waals surface area contributed by atoms with Gasteiger partial charge < -0.3 is 20.7 Å². The molecule has 0 spiro atoms. The highest BCUT2D eigenvalue weighted by molar-refractivity contribution is 14.0. The molecule has 0 aromatic heterocycles. The van der Waals surface area contributed by atoms with E-state index in [0.29, 0.717) is 45.2 Å². The smallest absolute Gasteiger partial charge is 0.409 e. The molecule has 0 bridgehead atoms. The number of rotatable bonds is 8.